The number of nitrogens with one attached hydrogen (secondary N) is 2. The number of aromatic amines is 1. The Balaban J connectivity index is 2.49. The van der Waals surface area contributed by atoms with E-state index < -0.39 is 10.0 Å². The standard InChI is InChI=1S/C12H16N4O2S/c1-7-4-10(13)5-11(9(7)3)19(17,18)16-12-8(2)6-14-15-12/h4-6H,13H2,1-3H3,(H2,14,15,16). The largest absolute Gasteiger partial charge is 0.399 e. The number of aromatic nitrogens is 2. The van der Waals surface area contributed by atoms with Gasteiger partial charge in [-0.25, -0.2) is 8.42 Å². The van der Waals surface area contributed by atoms with Crippen LogP contribution in [-0.2, 0) is 10.0 Å². The Morgan fingerprint density at radius 2 is 1.89 bits per heavy atom. The van der Waals surface area contributed by atoms with E-state index in [1.165, 1.54) is 6.07 Å². The summed E-state index contributed by atoms with van der Waals surface area (Å²) in [6.45, 7) is 5.34. The average Bonchev–Trinajstić information content (AvgIpc) is 2.69. The number of hydrogen-bond acceptors (Lipinski definition) is 4. The smallest absolute Gasteiger partial charge is 0.263 e. The van der Waals surface area contributed by atoms with Crippen LogP contribution < -0.4 is 10.5 Å². The van der Waals surface area contributed by atoms with Gasteiger partial charge in [0.1, 0.15) is 5.82 Å². The number of aryl methyl sites for hydroxylation is 2. The molecule has 102 valence electrons. The predicted octanol–water partition coefficient (Wildman–Crippen LogP) is 1.72. The maximum Gasteiger partial charge on any atom is 0.263 e. The number of nitrogens with two attached hydrogens (primary N) is 1. The highest BCUT2D eigenvalue weighted by Crippen LogP contribution is 2.24. The van der Waals surface area contributed by atoms with Crippen LogP contribution in [0.25, 0.3) is 0 Å². The number of H-pyrrole nitrogens is 1. The molecular formula is C12H16N4O2S. The van der Waals surface area contributed by atoms with Crippen LogP contribution >= 0.6 is 0 Å². The van der Waals surface area contributed by atoms with E-state index in [-0.39, 0.29) is 4.90 Å². The Kier molecular flexibility index (Phi) is 3.23. The number of anilines is 2. The molecule has 0 amide bonds. The van der Waals surface area contributed by atoms with Crippen molar-refractivity contribution in [3.63, 3.8) is 0 Å². The van der Waals surface area contributed by atoms with E-state index in [4.69, 9.17) is 5.73 Å². The third-order valence-electron chi connectivity index (χ3n) is 3.00. The molecule has 0 fully saturated rings. The Morgan fingerprint density at radius 3 is 2.47 bits per heavy atom. The van der Waals surface area contributed by atoms with Crippen LogP contribution in [0.5, 0.6) is 0 Å². The lowest BCUT2D eigenvalue weighted by atomic mass is 10.1. The summed E-state index contributed by atoms with van der Waals surface area (Å²) < 4.78 is 27.2. The van der Waals surface area contributed by atoms with E-state index in [9.17, 15) is 8.42 Å². The van der Waals surface area contributed by atoms with E-state index in [1.807, 2.05) is 6.92 Å². The normalized spacial score (nSPS) is 11.5. The molecule has 0 aliphatic carbocycles. The lowest BCUT2D eigenvalue weighted by Crippen LogP contribution is -2.16. The van der Waals surface area contributed by atoms with Gasteiger partial charge in [0.2, 0.25) is 0 Å². The molecule has 0 atom stereocenters. The minimum Gasteiger partial charge on any atom is -0.399 e. The number of rotatable bonds is 3. The molecule has 0 saturated heterocycles. The average molecular weight is 280 g/mol. The van der Waals surface area contributed by atoms with Crippen LogP contribution in [-0.4, -0.2) is 18.6 Å². The summed E-state index contributed by atoms with van der Waals surface area (Å²) in [4.78, 5) is 0.180. The zero-order valence-electron chi connectivity index (χ0n) is 11.0. The van der Waals surface area contributed by atoms with Crippen LogP contribution in [0.3, 0.4) is 0 Å². The molecule has 6 nitrogen and oxygen atoms in total. The first kappa shape index (κ1) is 13.4. The molecule has 0 aliphatic heterocycles. The second-order valence-electron chi connectivity index (χ2n) is 4.49. The summed E-state index contributed by atoms with van der Waals surface area (Å²) in [6.07, 6.45) is 1.55. The van der Waals surface area contributed by atoms with Crippen molar-refractivity contribution >= 4 is 21.5 Å². The zero-order chi connectivity index (χ0) is 14.2. The molecular weight excluding hydrogens is 264 g/mol. The van der Waals surface area contributed by atoms with Gasteiger partial charge in [0.05, 0.1) is 11.1 Å². The molecule has 0 radical (unpaired) electrons. The molecule has 2 rings (SSSR count). The molecule has 1 heterocycles. The van der Waals surface area contributed by atoms with E-state index >= 15 is 0 Å². The van der Waals surface area contributed by atoms with Gasteiger partial charge in [0.25, 0.3) is 10.0 Å². The minimum atomic E-state index is -3.68. The molecule has 2 aromatic rings. The molecule has 0 saturated carbocycles. The lowest BCUT2D eigenvalue weighted by Gasteiger charge is -2.12. The number of nitrogen functional groups attached to an aromatic ring is 1. The van der Waals surface area contributed by atoms with Gasteiger partial charge in [-0.15, -0.1) is 0 Å². The van der Waals surface area contributed by atoms with Crippen molar-refractivity contribution < 1.29 is 8.42 Å². The first-order valence-corrected chi connectivity index (χ1v) is 7.19. The van der Waals surface area contributed by atoms with Crippen molar-refractivity contribution in [2.45, 2.75) is 25.7 Å². The summed E-state index contributed by atoms with van der Waals surface area (Å²) in [5.74, 6) is 0.361. The van der Waals surface area contributed by atoms with Gasteiger partial charge in [0.15, 0.2) is 0 Å². The van der Waals surface area contributed by atoms with E-state index in [2.05, 4.69) is 14.9 Å². The van der Waals surface area contributed by atoms with Crippen molar-refractivity contribution in [2.75, 3.05) is 10.5 Å². The van der Waals surface area contributed by atoms with Gasteiger partial charge < -0.3 is 5.73 Å². The maximum absolute atomic E-state index is 12.4. The lowest BCUT2D eigenvalue weighted by molar-refractivity contribution is 0.600. The third kappa shape index (κ3) is 2.55. The minimum absolute atomic E-state index is 0.180. The fraction of sp³-hybridized carbons (Fsp3) is 0.250. The summed E-state index contributed by atoms with van der Waals surface area (Å²) >= 11 is 0. The summed E-state index contributed by atoms with van der Waals surface area (Å²) in [5, 5.41) is 6.39. The molecule has 0 bridgehead atoms. The van der Waals surface area contributed by atoms with Crippen molar-refractivity contribution in [2.24, 2.45) is 0 Å². The molecule has 0 aliphatic rings. The number of nitrogens with zero attached hydrogens (tertiary/aromatic N) is 1. The highest BCUT2D eigenvalue weighted by molar-refractivity contribution is 7.92. The SMILES string of the molecule is Cc1cn[nH]c1NS(=O)(=O)c1cc(N)cc(C)c1C. The molecule has 1 aromatic carbocycles. The van der Waals surface area contributed by atoms with Crippen LogP contribution in [0.1, 0.15) is 16.7 Å². The Morgan fingerprint density at radius 1 is 1.21 bits per heavy atom. The molecule has 0 unspecified atom stereocenters. The Labute approximate surface area is 112 Å². The van der Waals surface area contributed by atoms with Crippen LogP contribution in [0, 0.1) is 20.8 Å². The predicted molar refractivity (Wildman–Crippen MR) is 74.5 cm³/mol. The quantitative estimate of drug-likeness (QED) is 0.745. The first-order chi connectivity index (χ1) is 8.81. The first-order valence-electron chi connectivity index (χ1n) is 5.71. The maximum atomic E-state index is 12.4. The number of sulfonamides is 1. The number of hydrogen-bond donors (Lipinski definition) is 3. The van der Waals surface area contributed by atoms with Crippen molar-refractivity contribution in [3.8, 4) is 0 Å². The van der Waals surface area contributed by atoms with Crippen molar-refractivity contribution in [1.29, 1.82) is 0 Å². The molecule has 0 spiro atoms. The van der Waals surface area contributed by atoms with Crippen molar-refractivity contribution in [1.82, 2.24) is 10.2 Å². The second-order valence-corrected chi connectivity index (χ2v) is 6.15. The van der Waals surface area contributed by atoms with Gasteiger partial charge in [0, 0.05) is 11.3 Å². The Bertz CT molecular complexity index is 719. The second kappa shape index (κ2) is 4.58. The van der Waals surface area contributed by atoms with E-state index in [0.717, 1.165) is 11.1 Å². The number of benzene rings is 1. The van der Waals surface area contributed by atoms with Gasteiger partial charge in [-0.3, -0.25) is 9.82 Å². The molecule has 7 heteroatoms. The van der Waals surface area contributed by atoms with Gasteiger partial charge in [-0.05, 0) is 44.0 Å². The highest BCUT2D eigenvalue weighted by Gasteiger charge is 2.20. The fourth-order valence-corrected chi connectivity index (χ4v) is 3.21. The highest BCUT2D eigenvalue weighted by atomic mass is 32.2. The molecule has 4 N–H and O–H groups in total. The molecule has 19 heavy (non-hydrogen) atoms. The van der Waals surface area contributed by atoms with Crippen molar-refractivity contribution in [3.05, 3.63) is 35.0 Å². The molecule has 1 aromatic heterocycles. The summed E-state index contributed by atoms with van der Waals surface area (Å²) in [5.41, 5.74) is 8.38. The van der Waals surface area contributed by atoms with Gasteiger partial charge >= 0.3 is 0 Å². The van der Waals surface area contributed by atoms with Crippen LogP contribution in [0.2, 0.25) is 0 Å². The van der Waals surface area contributed by atoms with Gasteiger partial charge in [-0.2, -0.15) is 5.10 Å². The fourth-order valence-electron chi connectivity index (χ4n) is 1.77. The zero-order valence-corrected chi connectivity index (χ0v) is 11.8. The van der Waals surface area contributed by atoms with Crippen LogP contribution in [0.15, 0.2) is 23.2 Å². The monoisotopic (exact) mass is 280 g/mol. The van der Waals surface area contributed by atoms with Gasteiger partial charge in [-0.1, -0.05) is 0 Å². The van der Waals surface area contributed by atoms with Crippen LogP contribution in [0.4, 0.5) is 11.5 Å². The van der Waals surface area contributed by atoms with E-state index in [1.54, 1.807) is 26.1 Å². The third-order valence-corrected chi connectivity index (χ3v) is 4.47. The Hall–Kier alpha value is -2.02. The van der Waals surface area contributed by atoms with E-state index in [0.29, 0.717) is 17.1 Å². The summed E-state index contributed by atoms with van der Waals surface area (Å²) in [7, 11) is -3.68. The topological polar surface area (TPSA) is 101 Å². The summed E-state index contributed by atoms with van der Waals surface area (Å²) in [6, 6.07) is 3.20.